The summed E-state index contributed by atoms with van der Waals surface area (Å²) in [4.78, 5) is 9.17. The summed E-state index contributed by atoms with van der Waals surface area (Å²) in [5, 5.41) is 3.66. The third kappa shape index (κ3) is 3.79. The summed E-state index contributed by atoms with van der Waals surface area (Å²) in [5.74, 6) is 0.820. The lowest BCUT2D eigenvalue weighted by Crippen LogP contribution is -2.33. The second kappa shape index (κ2) is 6.99. The molecule has 1 aromatic carbocycles. The summed E-state index contributed by atoms with van der Waals surface area (Å²) in [6.45, 7) is 3.14. The molecule has 1 aliphatic rings. The average Bonchev–Trinajstić information content (AvgIpc) is 2.81. The van der Waals surface area contributed by atoms with Crippen molar-refractivity contribution in [1.82, 2.24) is 15.3 Å². The van der Waals surface area contributed by atoms with Crippen LogP contribution in [0.3, 0.4) is 0 Å². The van der Waals surface area contributed by atoms with Crippen molar-refractivity contribution in [2.24, 2.45) is 5.92 Å². The molecule has 3 rings (SSSR count). The molecule has 0 unspecified atom stereocenters. The summed E-state index contributed by atoms with van der Waals surface area (Å²) in [5.41, 5.74) is 2.99. The van der Waals surface area contributed by atoms with E-state index in [-0.39, 0.29) is 0 Å². The van der Waals surface area contributed by atoms with Gasteiger partial charge in [-0.15, -0.1) is 0 Å². The molecule has 1 aliphatic carbocycles. The number of hydrogen-bond donors (Lipinski definition) is 1. The smallest absolute Gasteiger partial charge is 0.0890 e. The maximum absolute atomic E-state index is 4.69. The first kappa shape index (κ1) is 14.5. The number of nitrogens with one attached hydrogen (secondary N) is 1. The molecule has 0 bridgehead atoms. The van der Waals surface area contributed by atoms with Crippen LogP contribution >= 0.6 is 0 Å². The van der Waals surface area contributed by atoms with Crippen molar-refractivity contribution in [3.05, 3.63) is 36.2 Å². The lowest BCUT2D eigenvalue weighted by Gasteiger charge is -2.23. The van der Waals surface area contributed by atoms with E-state index in [1.807, 2.05) is 30.5 Å². The maximum atomic E-state index is 4.69. The first-order chi connectivity index (χ1) is 10.3. The van der Waals surface area contributed by atoms with Gasteiger partial charge in [0.2, 0.25) is 0 Å². The third-order valence-corrected chi connectivity index (χ3v) is 4.71. The van der Waals surface area contributed by atoms with Gasteiger partial charge in [0.1, 0.15) is 0 Å². The van der Waals surface area contributed by atoms with Crippen LogP contribution < -0.4 is 5.32 Å². The second-order valence-corrected chi connectivity index (χ2v) is 6.27. The Kier molecular flexibility index (Phi) is 4.81. The predicted molar refractivity (Wildman–Crippen MR) is 87.0 cm³/mol. The molecule has 0 spiro atoms. The van der Waals surface area contributed by atoms with Crippen molar-refractivity contribution in [1.29, 1.82) is 0 Å². The summed E-state index contributed by atoms with van der Waals surface area (Å²) >= 11 is 0. The Morgan fingerprint density at radius 2 is 1.81 bits per heavy atom. The Bertz CT molecular complexity index is 573. The van der Waals surface area contributed by atoms with Crippen molar-refractivity contribution in [2.75, 3.05) is 0 Å². The van der Waals surface area contributed by atoms with E-state index >= 15 is 0 Å². The van der Waals surface area contributed by atoms with Crippen LogP contribution in [0.15, 0.2) is 30.5 Å². The highest BCUT2D eigenvalue weighted by Crippen LogP contribution is 2.25. The number of fused-ring (bicyclic) bond motifs is 1. The highest BCUT2D eigenvalue weighted by Gasteiger charge is 2.18. The van der Waals surface area contributed by atoms with Gasteiger partial charge in [-0.25, -0.2) is 4.98 Å². The van der Waals surface area contributed by atoms with Gasteiger partial charge in [0.15, 0.2) is 0 Å². The van der Waals surface area contributed by atoms with Gasteiger partial charge in [0.25, 0.3) is 0 Å². The quantitative estimate of drug-likeness (QED) is 0.859. The minimum absolute atomic E-state index is 0.566. The molecule has 1 aromatic heterocycles. The van der Waals surface area contributed by atoms with E-state index in [0.29, 0.717) is 6.04 Å². The molecule has 1 heterocycles. The number of benzene rings is 1. The van der Waals surface area contributed by atoms with Gasteiger partial charge in [0.05, 0.1) is 22.9 Å². The molecule has 1 N–H and O–H groups in total. The molecule has 1 saturated carbocycles. The first-order valence-corrected chi connectivity index (χ1v) is 8.27. The number of rotatable bonds is 4. The summed E-state index contributed by atoms with van der Waals surface area (Å²) in [6, 6.07) is 8.62. The highest BCUT2D eigenvalue weighted by atomic mass is 14.9. The number of aromatic nitrogens is 2. The third-order valence-electron chi connectivity index (χ3n) is 4.71. The Morgan fingerprint density at radius 3 is 2.57 bits per heavy atom. The predicted octanol–water partition coefficient (Wildman–Crippen LogP) is 4.08. The fraction of sp³-hybridized carbons (Fsp3) is 0.556. The second-order valence-electron chi connectivity index (χ2n) is 6.27. The van der Waals surface area contributed by atoms with E-state index in [1.54, 1.807) is 0 Å². The molecule has 21 heavy (non-hydrogen) atoms. The van der Waals surface area contributed by atoms with E-state index in [9.17, 15) is 0 Å². The van der Waals surface area contributed by atoms with E-state index in [4.69, 9.17) is 0 Å². The molecule has 112 valence electrons. The van der Waals surface area contributed by atoms with Crippen molar-refractivity contribution in [3.63, 3.8) is 0 Å². The molecular formula is C18H25N3. The van der Waals surface area contributed by atoms with Gasteiger partial charge in [-0.1, -0.05) is 37.8 Å². The number of nitrogens with zero attached hydrogens (tertiary/aromatic N) is 2. The normalized spacial score (nSPS) is 18.5. The van der Waals surface area contributed by atoms with Gasteiger partial charge < -0.3 is 5.32 Å². The SMILES string of the molecule is C[C@@H](NCc1cnc2ccccc2n1)C1CCCCCC1. The fourth-order valence-electron chi connectivity index (χ4n) is 3.32. The maximum Gasteiger partial charge on any atom is 0.0890 e. The largest absolute Gasteiger partial charge is 0.308 e. The minimum Gasteiger partial charge on any atom is -0.308 e. The van der Waals surface area contributed by atoms with Gasteiger partial charge in [-0.2, -0.15) is 0 Å². The zero-order chi connectivity index (χ0) is 14.5. The van der Waals surface area contributed by atoms with Crippen LogP contribution in [0.1, 0.15) is 51.1 Å². The molecule has 0 aliphatic heterocycles. The molecule has 3 heteroatoms. The number of para-hydroxylation sites is 2. The molecule has 0 radical (unpaired) electrons. The van der Waals surface area contributed by atoms with Crippen LogP contribution in [0.2, 0.25) is 0 Å². The number of hydrogen-bond acceptors (Lipinski definition) is 3. The van der Waals surface area contributed by atoms with Crippen LogP contribution in [0.4, 0.5) is 0 Å². The highest BCUT2D eigenvalue weighted by molar-refractivity contribution is 5.73. The van der Waals surface area contributed by atoms with E-state index < -0.39 is 0 Å². The van der Waals surface area contributed by atoms with Crippen molar-refractivity contribution in [3.8, 4) is 0 Å². The van der Waals surface area contributed by atoms with Crippen LogP contribution in [0, 0.1) is 5.92 Å². The van der Waals surface area contributed by atoms with E-state index in [2.05, 4.69) is 22.2 Å². The lowest BCUT2D eigenvalue weighted by atomic mass is 9.93. The first-order valence-electron chi connectivity index (χ1n) is 8.27. The van der Waals surface area contributed by atoms with Crippen LogP contribution in [0.5, 0.6) is 0 Å². The molecule has 0 amide bonds. The van der Waals surface area contributed by atoms with Gasteiger partial charge in [0, 0.05) is 12.6 Å². The monoisotopic (exact) mass is 283 g/mol. The molecule has 0 saturated heterocycles. The Hall–Kier alpha value is -1.48. The standard InChI is InChI=1S/C18H25N3/c1-14(15-8-4-2-3-5-9-15)19-12-16-13-20-17-10-6-7-11-18(17)21-16/h6-7,10-11,13-15,19H,2-5,8-9,12H2,1H3/t14-/m1/s1. The van der Waals surface area contributed by atoms with Crippen molar-refractivity contribution < 1.29 is 0 Å². The molecule has 1 fully saturated rings. The van der Waals surface area contributed by atoms with Gasteiger partial charge in [-0.3, -0.25) is 4.98 Å². The van der Waals surface area contributed by atoms with Crippen LogP contribution in [-0.2, 0) is 6.54 Å². The molecular weight excluding hydrogens is 258 g/mol. The zero-order valence-corrected chi connectivity index (χ0v) is 12.9. The van der Waals surface area contributed by atoms with E-state index in [0.717, 1.165) is 29.2 Å². The van der Waals surface area contributed by atoms with Crippen molar-refractivity contribution >= 4 is 11.0 Å². The summed E-state index contributed by atoms with van der Waals surface area (Å²) in [7, 11) is 0. The fourth-order valence-corrected chi connectivity index (χ4v) is 3.32. The Morgan fingerprint density at radius 1 is 1.10 bits per heavy atom. The molecule has 3 nitrogen and oxygen atoms in total. The van der Waals surface area contributed by atoms with Crippen LogP contribution in [0.25, 0.3) is 11.0 Å². The topological polar surface area (TPSA) is 37.8 Å². The lowest BCUT2D eigenvalue weighted by molar-refractivity contribution is 0.335. The average molecular weight is 283 g/mol. The van der Waals surface area contributed by atoms with E-state index in [1.165, 1.54) is 38.5 Å². The van der Waals surface area contributed by atoms with Crippen LogP contribution in [-0.4, -0.2) is 16.0 Å². The minimum atomic E-state index is 0.566. The van der Waals surface area contributed by atoms with Gasteiger partial charge >= 0.3 is 0 Å². The molecule has 2 aromatic rings. The van der Waals surface area contributed by atoms with Gasteiger partial charge in [-0.05, 0) is 37.8 Å². The molecule has 1 atom stereocenters. The summed E-state index contributed by atoms with van der Waals surface area (Å²) < 4.78 is 0. The Balaban J connectivity index is 1.60. The summed E-state index contributed by atoms with van der Waals surface area (Å²) in [6.07, 6.45) is 10.3. The van der Waals surface area contributed by atoms with Crippen molar-refractivity contribution in [2.45, 2.75) is 58.0 Å². The Labute approximate surface area is 127 Å². The zero-order valence-electron chi connectivity index (χ0n) is 12.9.